The minimum Gasteiger partial charge on any atom is -0.491 e. The second-order valence-electron chi connectivity index (χ2n) is 9.05. The first-order valence-corrected chi connectivity index (χ1v) is 12.0. The SMILES string of the molecule is CO[C@@]1(C2C=CC(Cl)=C(Cc3ccc(OCCOC4CC4)cc3)C2)O[C@H](CO)[C@@H](O)[C@H](O)[C@H]1O. The lowest BCUT2D eigenvalue weighted by Gasteiger charge is -2.51. The fourth-order valence-corrected chi connectivity index (χ4v) is 4.75. The number of aliphatic hydroxyl groups excluding tert-OH is 4. The van der Waals surface area contributed by atoms with Crippen LogP contribution in [0.1, 0.15) is 24.8 Å². The summed E-state index contributed by atoms with van der Waals surface area (Å²) < 4.78 is 22.8. The van der Waals surface area contributed by atoms with Crippen LogP contribution in [0.2, 0.25) is 0 Å². The van der Waals surface area contributed by atoms with Gasteiger partial charge in [-0.15, -0.1) is 0 Å². The molecular weight excluding hydrogens is 464 g/mol. The van der Waals surface area contributed by atoms with Gasteiger partial charge in [0.15, 0.2) is 0 Å². The molecule has 1 saturated heterocycles. The molecule has 1 heterocycles. The van der Waals surface area contributed by atoms with Gasteiger partial charge in [0.2, 0.25) is 5.79 Å². The number of methoxy groups -OCH3 is 1. The molecule has 1 unspecified atom stereocenters. The molecule has 6 atom stereocenters. The molecule has 0 aromatic heterocycles. The van der Waals surface area contributed by atoms with E-state index in [1.807, 2.05) is 24.3 Å². The highest BCUT2D eigenvalue weighted by Crippen LogP contribution is 2.43. The molecule has 2 fully saturated rings. The maximum atomic E-state index is 10.8. The molecule has 1 saturated carbocycles. The van der Waals surface area contributed by atoms with Crippen molar-refractivity contribution in [2.75, 3.05) is 26.9 Å². The lowest BCUT2D eigenvalue weighted by atomic mass is 9.78. The van der Waals surface area contributed by atoms with Crippen LogP contribution in [0.5, 0.6) is 5.75 Å². The largest absolute Gasteiger partial charge is 0.491 e. The van der Waals surface area contributed by atoms with Crippen LogP contribution >= 0.6 is 11.6 Å². The summed E-state index contributed by atoms with van der Waals surface area (Å²) in [6.45, 7) is 0.563. The molecule has 0 radical (unpaired) electrons. The van der Waals surface area contributed by atoms with Crippen LogP contribution in [-0.4, -0.2) is 83.7 Å². The Morgan fingerprint density at radius 2 is 1.82 bits per heavy atom. The van der Waals surface area contributed by atoms with Gasteiger partial charge in [-0.3, -0.25) is 0 Å². The third kappa shape index (κ3) is 5.50. The zero-order valence-corrected chi connectivity index (χ0v) is 19.9. The van der Waals surface area contributed by atoms with Gasteiger partial charge in [0.05, 0.1) is 19.3 Å². The van der Waals surface area contributed by atoms with Crippen molar-refractivity contribution < 1.29 is 39.4 Å². The molecule has 1 aliphatic heterocycles. The Hall–Kier alpha value is -1.49. The molecule has 1 aromatic rings. The molecule has 3 aliphatic rings. The van der Waals surface area contributed by atoms with Crippen molar-refractivity contribution in [2.45, 2.75) is 62.0 Å². The van der Waals surface area contributed by atoms with E-state index in [1.165, 1.54) is 7.11 Å². The maximum Gasteiger partial charge on any atom is 0.204 e. The van der Waals surface area contributed by atoms with Crippen LogP contribution in [0.25, 0.3) is 0 Å². The number of rotatable bonds is 10. The van der Waals surface area contributed by atoms with E-state index in [0.29, 0.717) is 37.2 Å². The van der Waals surface area contributed by atoms with Gasteiger partial charge in [-0.2, -0.15) is 0 Å². The Kier molecular flexibility index (Phi) is 8.32. The maximum absolute atomic E-state index is 10.8. The summed E-state index contributed by atoms with van der Waals surface area (Å²) in [6, 6.07) is 7.76. The van der Waals surface area contributed by atoms with E-state index in [1.54, 1.807) is 12.2 Å². The number of hydrogen-bond acceptors (Lipinski definition) is 8. The zero-order valence-electron chi connectivity index (χ0n) is 19.2. The summed E-state index contributed by atoms with van der Waals surface area (Å²) >= 11 is 6.50. The van der Waals surface area contributed by atoms with Gasteiger partial charge >= 0.3 is 0 Å². The number of aliphatic hydroxyl groups is 4. The highest BCUT2D eigenvalue weighted by atomic mass is 35.5. The molecular formula is C25H33ClO8. The summed E-state index contributed by atoms with van der Waals surface area (Å²) in [5, 5.41) is 41.5. The first kappa shape index (κ1) is 25.6. The Bertz CT molecular complexity index is 881. The van der Waals surface area contributed by atoms with Gasteiger partial charge in [0, 0.05) is 18.1 Å². The van der Waals surface area contributed by atoms with Gasteiger partial charge in [-0.1, -0.05) is 29.8 Å². The Morgan fingerprint density at radius 1 is 1.09 bits per heavy atom. The zero-order chi connectivity index (χ0) is 24.3. The van der Waals surface area contributed by atoms with Crippen LogP contribution in [0.4, 0.5) is 0 Å². The first-order chi connectivity index (χ1) is 16.4. The van der Waals surface area contributed by atoms with Crippen LogP contribution in [0.3, 0.4) is 0 Å². The van der Waals surface area contributed by atoms with E-state index in [2.05, 4.69) is 0 Å². The monoisotopic (exact) mass is 496 g/mol. The predicted octanol–water partition coefficient (Wildman–Crippen LogP) is 1.67. The molecule has 0 spiro atoms. The molecule has 4 rings (SSSR count). The summed E-state index contributed by atoms with van der Waals surface area (Å²) in [6.07, 6.45) is 1.56. The van der Waals surface area contributed by atoms with Crippen molar-refractivity contribution in [1.82, 2.24) is 0 Å². The smallest absolute Gasteiger partial charge is 0.204 e. The van der Waals surface area contributed by atoms with Gasteiger partial charge in [0.25, 0.3) is 0 Å². The summed E-state index contributed by atoms with van der Waals surface area (Å²) in [7, 11) is 1.37. The number of hydrogen-bond donors (Lipinski definition) is 4. The van der Waals surface area contributed by atoms with Crippen molar-refractivity contribution in [3.05, 3.63) is 52.6 Å². The van der Waals surface area contributed by atoms with Crippen LogP contribution in [0, 0.1) is 5.92 Å². The lowest BCUT2D eigenvalue weighted by molar-refractivity contribution is -0.371. The number of benzene rings is 1. The summed E-state index contributed by atoms with van der Waals surface area (Å²) in [4.78, 5) is 0. The quantitative estimate of drug-likeness (QED) is 0.361. The molecule has 0 amide bonds. The molecule has 9 heteroatoms. The molecule has 1 aromatic carbocycles. The topological polar surface area (TPSA) is 118 Å². The van der Waals surface area contributed by atoms with Gasteiger partial charge in [-0.05, 0) is 55.0 Å². The van der Waals surface area contributed by atoms with Crippen LogP contribution < -0.4 is 4.74 Å². The average molecular weight is 497 g/mol. The fraction of sp³-hybridized carbons (Fsp3) is 0.600. The van der Waals surface area contributed by atoms with Crippen molar-refractivity contribution >= 4 is 11.6 Å². The Morgan fingerprint density at radius 3 is 2.47 bits per heavy atom. The van der Waals surface area contributed by atoms with E-state index in [4.69, 9.17) is 30.5 Å². The van der Waals surface area contributed by atoms with Crippen LogP contribution in [-0.2, 0) is 20.6 Å². The summed E-state index contributed by atoms with van der Waals surface area (Å²) in [5.74, 6) is -1.38. The van der Waals surface area contributed by atoms with Gasteiger partial charge in [0.1, 0.15) is 36.8 Å². The standard InChI is InChI=1S/C25H33ClO8/c1-31-25(24(30)23(29)22(28)21(14-27)34-25)17-4-9-20(26)16(13-17)12-15-2-5-18(6-3-15)32-10-11-33-19-7-8-19/h2-6,9,17,19,21-24,27-30H,7-8,10-14H2,1H3/t17?,21-,22-,23+,24-,25+/m1/s1. The van der Waals surface area contributed by atoms with E-state index < -0.39 is 42.7 Å². The molecule has 34 heavy (non-hydrogen) atoms. The number of halogens is 1. The van der Waals surface area contributed by atoms with Crippen molar-refractivity contribution in [3.8, 4) is 5.75 Å². The summed E-state index contributed by atoms with van der Waals surface area (Å²) in [5.41, 5.74) is 1.94. The number of ether oxygens (including phenoxy) is 4. The fourth-order valence-electron chi connectivity index (χ4n) is 4.53. The average Bonchev–Trinajstić information content (AvgIpc) is 3.68. The second kappa shape index (κ2) is 11.1. The van der Waals surface area contributed by atoms with Crippen molar-refractivity contribution in [3.63, 3.8) is 0 Å². The predicted molar refractivity (Wildman–Crippen MR) is 124 cm³/mol. The Labute approximate surface area is 204 Å². The molecule has 188 valence electrons. The third-order valence-electron chi connectivity index (χ3n) is 6.67. The molecule has 0 bridgehead atoms. The van der Waals surface area contributed by atoms with E-state index in [-0.39, 0.29) is 0 Å². The minimum absolute atomic E-state index is 0.401. The van der Waals surface area contributed by atoms with Crippen molar-refractivity contribution in [2.24, 2.45) is 5.92 Å². The van der Waals surface area contributed by atoms with E-state index in [9.17, 15) is 20.4 Å². The highest BCUT2D eigenvalue weighted by molar-refractivity contribution is 6.31. The van der Waals surface area contributed by atoms with E-state index in [0.717, 1.165) is 29.7 Å². The van der Waals surface area contributed by atoms with Crippen LogP contribution in [0.15, 0.2) is 47.0 Å². The van der Waals surface area contributed by atoms with Crippen molar-refractivity contribution in [1.29, 1.82) is 0 Å². The van der Waals surface area contributed by atoms with Gasteiger partial charge < -0.3 is 39.4 Å². The minimum atomic E-state index is -1.65. The lowest BCUT2D eigenvalue weighted by Crippen LogP contribution is -2.68. The first-order valence-electron chi connectivity index (χ1n) is 11.6. The third-order valence-corrected chi connectivity index (χ3v) is 7.06. The van der Waals surface area contributed by atoms with Gasteiger partial charge in [-0.25, -0.2) is 0 Å². The molecule has 2 aliphatic carbocycles. The molecule has 8 nitrogen and oxygen atoms in total. The number of allylic oxidation sites excluding steroid dienone is 3. The Balaban J connectivity index is 1.41. The normalized spacial score (nSPS) is 33.9. The highest BCUT2D eigenvalue weighted by Gasteiger charge is 2.57. The van der Waals surface area contributed by atoms with E-state index >= 15 is 0 Å². The second-order valence-corrected chi connectivity index (χ2v) is 9.46. The molecule has 4 N–H and O–H groups in total.